The fourth-order valence-corrected chi connectivity index (χ4v) is 5.77. The zero-order valence-corrected chi connectivity index (χ0v) is 20.0. The van der Waals surface area contributed by atoms with Crippen LogP contribution in [0.25, 0.3) is 0 Å². The Morgan fingerprint density at radius 1 is 1.00 bits per heavy atom. The molecule has 0 bridgehead atoms. The molecule has 172 valence electrons. The van der Waals surface area contributed by atoms with Gasteiger partial charge in [-0.3, -0.25) is 4.79 Å². The first-order valence-corrected chi connectivity index (χ1v) is 12.0. The monoisotopic (exact) mass is 492 g/mol. The van der Waals surface area contributed by atoms with Crippen LogP contribution in [0.5, 0.6) is 0 Å². The van der Waals surface area contributed by atoms with E-state index in [2.05, 4.69) is 19.8 Å². The van der Waals surface area contributed by atoms with Crippen LogP contribution in [-0.2, 0) is 11.2 Å². The number of rotatable bonds is 2. The number of anilines is 3. The third kappa shape index (κ3) is 3.18. The molecule has 4 heterocycles. The average molecular weight is 493 g/mol. The standard InChI is InChI=1S/C25H22Cl2N6O/c1-16-25(23(34)33(30-16)20-7-5-18(26)6-8-20)14-17-3-4-19(27)13-21(17)32-12-11-31(15-22(25)32)24-28-9-2-10-29-24/h2-10,13,22H,11-12,14-15H2,1H3/t22-,25-/m1/s1. The molecule has 9 heteroatoms. The highest BCUT2D eigenvalue weighted by Crippen LogP contribution is 2.49. The summed E-state index contributed by atoms with van der Waals surface area (Å²) in [5.74, 6) is 0.641. The molecule has 3 aliphatic rings. The van der Waals surface area contributed by atoms with Crippen LogP contribution in [0, 0.1) is 5.41 Å². The number of hydrogen-bond donors (Lipinski definition) is 0. The minimum atomic E-state index is -0.812. The molecule has 7 nitrogen and oxygen atoms in total. The van der Waals surface area contributed by atoms with Gasteiger partial charge in [-0.15, -0.1) is 0 Å². The van der Waals surface area contributed by atoms with E-state index in [0.29, 0.717) is 34.6 Å². The van der Waals surface area contributed by atoms with Crippen molar-refractivity contribution in [3.8, 4) is 0 Å². The Hall–Kier alpha value is -3.16. The molecule has 1 aromatic heterocycles. The largest absolute Gasteiger partial charge is 0.363 e. The van der Waals surface area contributed by atoms with Crippen LogP contribution in [0.1, 0.15) is 12.5 Å². The lowest BCUT2D eigenvalue weighted by Gasteiger charge is -2.53. The van der Waals surface area contributed by atoms with Gasteiger partial charge in [0, 0.05) is 47.8 Å². The Balaban J connectivity index is 1.46. The molecule has 3 aliphatic heterocycles. The Morgan fingerprint density at radius 2 is 1.74 bits per heavy atom. The number of benzene rings is 2. The molecule has 3 aromatic rings. The summed E-state index contributed by atoms with van der Waals surface area (Å²) in [6.07, 6.45) is 4.05. The van der Waals surface area contributed by atoms with Crippen LogP contribution in [0.3, 0.4) is 0 Å². The van der Waals surface area contributed by atoms with Gasteiger partial charge in [0.2, 0.25) is 5.95 Å². The van der Waals surface area contributed by atoms with Crippen LogP contribution < -0.4 is 14.8 Å². The molecule has 0 aliphatic carbocycles. The Kier molecular flexibility index (Phi) is 5.00. The SMILES string of the molecule is CC1=NN(c2ccc(Cl)cc2)C(=O)[C@]12Cc1ccc(Cl)cc1N1CCN(c3ncccn3)C[C@@H]12. The Morgan fingerprint density at radius 3 is 2.50 bits per heavy atom. The number of nitrogens with zero attached hydrogens (tertiary/aromatic N) is 6. The second kappa shape index (κ2) is 7.96. The molecule has 0 N–H and O–H groups in total. The number of carbonyl (C=O) groups excluding carboxylic acids is 1. The van der Waals surface area contributed by atoms with Crippen LogP contribution in [0.4, 0.5) is 17.3 Å². The summed E-state index contributed by atoms with van der Waals surface area (Å²) in [5.41, 5.74) is 2.89. The number of aromatic nitrogens is 2. The molecule has 1 spiro atoms. The normalized spacial score (nSPS) is 23.7. The van der Waals surface area contributed by atoms with Gasteiger partial charge in [0.05, 0.1) is 17.4 Å². The lowest BCUT2D eigenvalue weighted by atomic mass is 9.67. The molecule has 1 saturated heterocycles. The van der Waals surface area contributed by atoms with Gasteiger partial charge in [0.15, 0.2) is 0 Å². The van der Waals surface area contributed by atoms with Crippen molar-refractivity contribution in [2.75, 3.05) is 34.4 Å². The van der Waals surface area contributed by atoms with Gasteiger partial charge in [0.1, 0.15) is 5.41 Å². The van der Waals surface area contributed by atoms with Gasteiger partial charge in [-0.2, -0.15) is 10.1 Å². The van der Waals surface area contributed by atoms with Crippen LogP contribution >= 0.6 is 23.2 Å². The summed E-state index contributed by atoms with van der Waals surface area (Å²) in [6, 6.07) is 14.8. The lowest BCUT2D eigenvalue weighted by molar-refractivity contribution is -0.125. The zero-order valence-electron chi connectivity index (χ0n) is 18.5. The van der Waals surface area contributed by atoms with Crippen LogP contribution in [0.15, 0.2) is 66.0 Å². The molecular weight excluding hydrogens is 471 g/mol. The van der Waals surface area contributed by atoms with Gasteiger partial charge >= 0.3 is 0 Å². The van der Waals surface area contributed by atoms with E-state index in [-0.39, 0.29) is 11.9 Å². The molecule has 34 heavy (non-hydrogen) atoms. The van der Waals surface area contributed by atoms with Gasteiger partial charge in [-0.05, 0) is 61.4 Å². The molecule has 1 amide bonds. The van der Waals surface area contributed by atoms with E-state index in [1.807, 2.05) is 37.3 Å². The number of hydrogen-bond acceptors (Lipinski definition) is 6. The van der Waals surface area contributed by atoms with E-state index in [1.54, 1.807) is 30.6 Å². The van der Waals surface area contributed by atoms with Crippen molar-refractivity contribution < 1.29 is 4.79 Å². The molecule has 1 fully saturated rings. The highest BCUT2D eigenvalue weighted by Gasteiger charge is 2.60. The van der Waals surface area contributed by atoms with Crippen molar-refractivity contribution in [1.82, 2.24) is 9.97 Å². The van der Waals surface area contributed by atoms with E-state index in [0.717, 1.165) is 30.1 Å². The number of piperazine rings is 1. The van der Waals surface area contributed by atoms with Crippen LogP contribution in [0.2, 0.25) is 10.0 Å². The van der Waals surface area contributed by atoms with E-state index in [9.17, 15) is 4.79 Å². The number of carbonyl (C=O) groups is 1. The van der Waals surface area contributed by atoms with E-state index < -0.39 is 5.41 Å². The zero-order chi connectivity index (χ0) is 23.4. The molecule has 2 atom stereocenters. The maximum Gasteiger partial charge on any atom is 0.261 e. The summed E-state index contributed by atoms with van der Waals surface area (Å²) in [5, 5.41) is 7.62. The first-order valence-electron chi connectivity index (χ1n) is 11.2. The van der Waals surface area contributed by atoms with Gasteiger partial charge < -0.3 is 9.80 Å². The fraction of sp³-hybridized carbons (Fsp3) is 0.280. The highest BCUT2D eigenvalue weighted by atomic mass is 35.5. The summed E-state index contributed by atoms with van der Waals surface area (Å²) in [6.45, 7) is 4.03. The summed E-state index contributed by atoms with van der Waals surface area (Å²) in [7, 11) is 0. The Bertz CT molecular complexity index is 1300. The molecular formula is C25H22Cl2N6O. The minimum Gasteiger partial charge on any atom is -0.363 e. The van der Waals surface area contributed by atoms with Crippen molar-refractivity contribution >= 4 is 52.1 Å². The fourth-order valence-electron chi connectivity index (χ4n) is 5.47. The van der Waals surface area contributed by atoms with Crippen molar-refractivity contribution in [3.05, 3.63) is 76.5 Å². The average Bonchev–Trinajstić information content (AvgIpc) is 3.11. The predicted molar refractivity (Wildman–Crippen MR) is 135 cm³/mol. The summed E-state index contributed by atoms with van der Waals surface area (Å²) < 4.78 is 0. The summed E-state index contributed by atoms with van der Waals surface area (Å²) >= 11 is 12.5. The third-order valence-electron chi connectivity index (χ3n) is 7.15. The van der Waals surface area contributed by atoms with E-state index in [1.165, 1.54) is 5.01 Å². The van der Waals surface area contributed by atoms with Crippen LogP contribution in [-0.4, -0.2) is 47.3 Å². The maximum atomic E-state index is 14.2. The second-order valence-electron chi connectivity index (χ2n) is 8.90. The van der Waals surface area contributed by atoms with E-state index >= 15 is 0 Å². The number of halogens is 2. The number of amides is 1. The minimum absolute atomic E-state index is 0.0289. The molecule has 0 radical (unpaired) electrons. The van der Waals surface area contributed by atoms with E-state index in [4.69, 9.17) is 28.3 Å². The van der Waals surface area contributed by atoms with Crippen molar-refractivity contribution in [3.63, 3.8) is 0 Å². The lowest BCUT2D eigenvalue weighted by Crippen LogP contribution is -2.67. The number of fused-ring (bicyclic) bond motifs is 4. The molecule has 0 saturated carbocycles. The third-order valence-corrected chi connectivity index (χ3v) is 7.64. The van der Waals surface area contributed by atoms with Gasteiger partial charge in [0.25, 0.3) is 5.91 Å². The first-order chi connectivity index (χ1) is 16.5. The maximum absolute atomic E-state index is 14.2. The van der Waals surface area contributed by atoms with Crippen molar-refractivity contribution in [2.45, 2.75) is 19.4 Å². The van der Waals surface area contributed by atoms with Crippen molar-refractivity contribution in [2.24, 2.45) is 10.5 Å². The highest BCUT2D eigenvalue weighted by molar-refractivity contribution is 6.31. The molecule has 0 unspecified atom stereocenters. The number of hydrazone groups is 1. The predicted octanol–water partition coefficient (Wildman–Crippen LogP) is 4.44. The van der Waals surface area contributed by atoms with Gasteiger partial charge in [-0.25, -0.2) is 9.97 Å². The van der Waals surface area contributed by atoms with Crippen molar-refractivity contribution in [1.29, 1.82) is 0 Å². The topological polar surface area (TPSA) is 64.9 Å². The smallest absolute Gasteiger partial charge is 0.261 e. The quantitative estimate of drug-likeness (QED) is 0.528. The van der Waals surface area contributed by atoms with Gasteiger partial charge in [-0.1, -0.05) is 29.3 Å². The molecule has 6 rings (SSSR count). The Labute approximate surface area is 207 Å². The molecule has 2 aromatic carbocycles. The summed E-state index contributed by atoms with van der Waals surface area (Å²) in [4.78, 5) is 27.6. The second-order valence-corrected chi connectivity index (χ2v) is 9.78. The first kappa shape index (κ1) is 21.4.